The predicted octanol–water partition coefficient (Wildman–Crippen LogP) is 4.96. The Morgan fingerprint density at radius 3 is 2.39 bits per heavy atom. The largest absolute Gasteiger partial charge is 0.490 e. The summed E-state index contributed by atoms with van der Waals surface area (Å²) in [6.07, 6.45) is -0.609. The van der Waals surface area contributed by atoms with E-state index in [4.69, 9.17) is 14.3 Å². The Morgan fingerprint density at radius 1 is 1.08 bits per heavy atom. The van der Waals surface area contributed by atoms with E-state index in [1.54, 1.807) is 6.26 Å². The number of para-hydroxylation sites is 1. The summed E-state index contributed by atoms with van der Waals surface area (Å²) in [5.41, 5.74) is 3.79. The normalized spacial score (nSPS) is 13.7. The predicted molar refractivity (Wildman–Crippen MR) is 138 cm³/mol. The first-order valence-corrected chi connectivity index (χ1v) is 12.1. The van der Waals surface area contributed by atoms with Gasteiger partial charge in [-0.3, -0.25) is 14.9 Å². The fourth-order valence-corrected chi connectivity index (χ4v) is 4.58. The molecule has 4 aromatic rings. The molecule has 0 atom stereocenters. The molecule has 2 amide bonds. The van der Waals surface area contributed by atoms with Crippen molar-refractivity contribution in [3.63, 3.8) is 0 Å². The van der Waals surface area contributed by atoms with Crippen molar-refractivity contribution in [3.8, 4) is 0 Å². The molecule has 1 aliphatic rings. The lowest BCUT2D eigenvalue weighted by molar-refractivity contribution is -0.192. The third-order valence-electron chi connectivity index (χ3n) is 5.86. The van der Waals surface area contributed by atoms with Crippen LogP contribution < -0.4 is 10.6 Å². The quantitative estimate of drug-likeness (QED) is 0.216. The third-order valence-corrected chi connectivity index (χ3v) is 6.36. The van der Waals surface area contributed by atoms with Crippen LogP contribution in [-0.2, 0) is 20.9 Å². The Labute approximate surface area is 222 Å². The van der Waals surface area contributed by atoms with E-state index in [0.29, 0.717) is 22.3 Å². The van der Waals surface area contributed by atoms with Crippen molar-refractivity contribution in [3.05, 3.63) is 70.5 Å². The van der Waals surface area contributed by atoms with E-state index in [2.05, 4.69) is 31.1 Å². The minimum atomic E-state index is -5.08. The Hall–Kier alpha value is -3.90. The smallest absolute Gasteiger partial charge is 0.475 e. The molecule has 5 rings (SSSR count). The highest BCUT2D eigenvalue weighted by molar-refractivity contribution is 9.10. The van der Waals surface area contributed by atoms with E-state index in [1.165, 1.54) is 0 Å². The summed E-state index contributed by atoms with van der Waals surface area (Å²) in [4.78, 5) is 34.7. The third kappa shape index (κ3) is 5.36. The Balaban J connectivity index is 0.000000426. The monoisotopic (exact) mass is 591 g/mol. The zero-order valence-corrected chi connectivity index (χ0v) is 21.4. The molecule has 38 heavy (non-hydrogen) atoms. The van der Waals surface area contributed by atoms with Crippen LogP contribution in [0.3, 0.4) is 0 Å². The van der Waals surface area contributed by atoms with Crippen LogP contribution in [0.15, 0.2) is 63.8 Å². The number of rotatable bonds is 6. The standard InChI is InChI=1S/C24H20BrN3O3.C2HF3O2/c1-26-9-4-10-28-12-17(16-11-14(25)7-8-19(16)28)21-22(24(30)27-23(21)29)18-13-31-20-6-3-2-5-15(18)20;3-2(4,5)1(6)7/h2-3,5-8,11-13,26H,4,9-10H2,1H3,(H,27,29,30);(H,6,7). The summed E-state index contributed by atoms with van der Waals surface area (Å²) in [7, 11) is 1.93. The van der Waals surface area contributed by atoms with Gasteiger partial charge in [0, 0.05) is 44.6 Å². The summed E-state index contributed by atoms with van der Waals surface area (Å²) >= 11 is 3.54. The molecule has 8 nitrogen and oxygen atoms in total. The lowest BCUT2D eigenvalue weighted by Gasteiger charge is -2.04. The first-order valence-electron chi connectivity index (χ1n) is 11.3. The van der Waals surface area contributed by atoms with Crippen molar-refractivity contribution in [1.82, 2.24) is 15.2 Å². The molecule has 1 aliphatic heterocycles. The molecule has 12 heteroatoms. The molecule has 198 valence electrons. The van der Waals surface area contributed by atoms with Gasteiger partial charge in [-0.25, -0.2) is 4.79 Å². The average Bonchev–Trinajstić information content (AvgIpc) is 3.51. The number of carboxylic acid groups (broad SMARTS) is 1. The van der Waals surface area contributed by atoms with Gasteiger partial charge in [0.05, 0.1) is 17.4 Å². The highest BCUT2D eigenvalue weighted by Crippen LogP contribution is 2.39. The minimum Gasteiger partial charge on any atom is -0.475 e. The van der Waals surface area contributed by atoms with Crippen molar-refractivity contribution in [2.75, 3.05) is 13.6 Å². The average molecular weight is 592 g/mol. The zero-order valence-electron chi connectivity index (χ0n) is 19.9. The number of imide groups is 1. The van der Waals surface area contributed by atoms with E-state index < -0.39 is 18.1 Å². The number of hydrogen-bond acceptors (Lipinski definition) is 5. The summed E-state index contributed by atoms with van der Waals surface area (Å²) in [6.45, 7) is 1.69. The van der Waals surface area contributed by atoms with Crippen molar-refractivity contribution >= 4 is 66.7 Å². The molecule has 2 aromatic carbocycles. The van der Waals surface area contributed by atoms with Gasteiger partial charge in [0.2, 0.25) is 0 Å². The molecule has 3 heterocycles. The number of amides is 2. The van der Waals surface area contributed by atoms with E-state index in [-0.39, 0.29) is 5.91 Å². The van der Waals surface area contributed by atoms with Gasteiger partial charge < -0.3 is 19.4 Å². The molecule has 0 fully saturated rings. The van der Waals surface area contributed by atoms with Crippen LogP contribution in [-0.4, -0.2) is 47.2 Å². The number of halogens is 4. The first kappa shape index (κ1) is 27.1. The van der Waals surface area contributed by atoms with Gasteiger partial charge in [-0.05, 0) is 44.3 Å². The fourth-order valence-electron chi connectivity index (χ4n) is 4.22. The van der Waals surface area contributed by atoms with Crippen LogP contribution in [0.1, 0.15) is 17.5 Å². The number of hydrogen-bond donors (Lipinski definition) is 3. The number of carbonyl (C=O) groups is 3. The number of aryl methyl sites for hydroxylation is 1. The number of carbonyl (C=O) groups excluding carboxylic acids is 2. The summed E-state index contributed by atoms with van der Waals surface area (Å²) in [6, 6.07) is 13.5. The number of aliphatic carboxylic acids is 1. The first-order chi connectivity index (χ1) is 18.0. The number of carboxylic acids is 1. The van der Waals surface area contributed by atoms with Crippen LogP contribution in [0.4, 0.5) is 13.2 Å². The van der Waals surface area contributed by atoms with Crippen molar-refractivity contribution < 1.29 is 37.1 Å². The highest BCUT2D eigenvalue weighted by atomic mass is 79.9. The molecule has 0 unspecified atom stereocenters. The SMILES string of the molecule is CNCCCn1cc(C2=C(c3coc4ccccc34)C(=O)NC2=O)c2cc(Br)ccc21.O=C(O)C(F)(F)F. The van der Waals surface area contributed by atoms with Crippen LogP contribution >= 0.6 is 15.9 Å². The summed E-state index contributed by atoms with van der Waals surface area (Å²) < 4.78 is 40.5. The van der Waals surface area contributed by atoms with Crippen LogP contribution in [0.2, 0.25) is 0 Å². The molecule has 0 aliphatic carbocycles. The molecule has 0 radical (unpaired) electrons. The number of nitrogens with zero attached hydrogens (tertiary/aromatic N) is 1. The summed E-state index contributed by atoms with van der Waals surface area (Å²) in [5, 5.41) is 14.5. The number of nitrogens with one attached hydrogen (secondary N) is 2. The number of aromatic nitrogens is 1. The van der Waals surface area contributed by atoms with Gasteiger partial charge >= 0.3 is 12.1 Å². The minimum absolute atomic E-state index is 0.351. The maximum atomic E-state index is 13.0. The van der Waals surface area contributed by atoms with E-state index in [0.717, 1.165) is 45.8 Å². The highest BCUT2D eigenvalue weighted by Gasteiger charge is 2.38. The number of benzene rings is 2. The van der Waals surface area contributed by atoms with Crippen LogP contribution in [0, 0.1) is 0 Å². The lowest BCUT2D eigenvalue weighted by Crippen LogP contribution is -2.22. The number of fused-ring (bicyclic) bond motifs is 2. The zero-order chi connectivity index (χ0) is 27.6. The maximum absolute atomic E-state index is 13.0. The topological polar surface area (TPSA) is 114 Å². The second-order valence-electron chi connectivity index (χ2n) is 8.34. The van der Waals surface area contributed by atoms with Gasteiger partial charge in [0.25, 0.3) is 11.8 Å². The second kappa shape index (κ2) is 10.8. The molecule has 0 saturated heterocycles. The van der Waals surface area contributed by atoms with Gasteiger partial charge in [-0.15, -0.1) is 0 Å². The van der Waals surface area contributed by atoms with Crippen LogP contribution in [0.5, 0.6) is 0 Å². The summed E-state index contributed by atoms with van der Waals surface area (Å²) in [5.74, 6) is -3.55. The van der Waals surface area contributed by atoms with E-state index >= 15 is 0 Å². The fraction of sp³-hybridized carbons (Fsp3) is 0.192. The Kier molecular flexibility index (Phi) is 7.74. The molecular formula is C26H21BrF3N3O5. The van der Waals surface area contributed by atoms with E-state index in [9.17, 15) is 22.8 Å². The Morgan fingerprint density at radius 2 is 1.74 bits per heavy atom. The molecule has 0 saturated carbocycles. The lowest BCUT2D eigenvalue weighted by atomic mass is 9.95. The van der Waals surface area contributed by atoms with E-state index in [1.807, 2.05) is 55.7 Å². The van der Waals surface area contributed by atoms with Gasteiger partial charge in [-0.1, -0.05) is 34.1 Å². The second-order valence-corrected chi connectivity index (χ2v) is 9.25. The van der Waals surface area contributed by atoms with Crippen molar-refractivity contribution in [2.45, 2.75) is 19.1 Å². The van der Waals surface area contributed by atoms with Crippen molar-refractivity contribution in [1.29, 1.82) is 0 Å². The molecule has 3 N–H and O–H groups in total. The van der Waals surface area contributed by atoms with Gasteiger partial charge in [0.1, 0.15) is 5.58 Å². The van der Waals surface area contributed by atoms with Gasteiger partial charge in [0.15, 0.2) is 0 Å². The van der Waals surface area contributed by atoms with Crippen LogP contribution in [0.25, 0.3) is 33.0 Å². The van der Waals surface area contributed by atoms with Crippen molar-refractivity contribution in [2.24, 2.45) is 0 Å². The molecule has 2 aromatic heterocycles. The number of furan rings is 1. The molecule has 0 bridgehead atoms. The number of alkyl halides is 3. The maximum Gasteiger partial charge on any atom is 0.490 e. The molecule has 0 spiro atoms. The molecular weight excluding hydrogens is 571 g/mol. The van der Waals surface area contributed by atoms with Gasteiger partial charge in [-0.2, -0.15) is 13.2 Å². The Bertz CT molecular complexity index is 1590.